The van der Waals surface area contributed by atoms with Crippen molar-refractivity contribution < 1.29 is 5.11 Å². The first kappa shape index (κ1) is 13.0. The molecule has 1 aliphatic rings. The van der Waals surface area contributed by atoms with Gasteiger partial charge in [-0.25, -0.2) is 0 Å². The predicted molar refractivity (Wildman–Crippen MR) is 64.9 cm³/mol. The van der Waals surface area contributed by atoms with Crippen LogP contribution in [0.3, 0.4) is 0 Å². The number of nitrogens with zero attached hydrogens (tertiary/aromatic N) is 1. The van der Waals surface area contributed by atoms with Crippen LogP contribution < -0.4 is 0 Å². The van der Waals surface area contributed by atoms with Gasteiger partial charge in [-0.2, -0.15) is 0 Å². The van der Waals surface area contributed by atoms with Crippen LogP contribution >= 0.6 is 0 Å². The highest BCUT2D eigenvalue weighted by atomic mass is 16.3. The smallest absolute Gasteiger partial charge is 0.0443 e. The SMILES string of the molecule is CC(C)CCC1CCCN(CCCO)C1. The summed E-state index contributed by atoms with van der Waals surface area (Å²) in [4.78, 5) is 2.53. The molecule has 2 heteroatoms. The van der Waals surface area contributed by atoms with Gasteiger partial charge in [0.25, 0.3) is 0 Å². The van der Waals surface area contributed by atoms with E-state index < -0.39 is 0 Å². The van der Waals surface area contributed by atoms with Crippen LogP contribution in [0.25, 0.3) is 0 Å². The summed E-state index contributed by atoms with van der Waals surface area (Å²) in [6, 6.07) is 0. The summed E-state index contributed by atoms with van der Waals surface area (Å²) in [7, 11) is 0. The molecule has 1 aliphatic heterocycles. The lowest BCUT2D eigenvalue weighted by molar-refractivity contribution is 0.150. The molecule has 0 aromatic heterocycles. The number of hydrogen-bond acceptors (Lipinski definition) is 2. The predicted octanol–water partition coefficient (Wildman–Crippen LogP) is 2.52. The number of hydrogen-bond donors (Lipinski definition) is 1. The van der Waals surface area contributed by atoms with Gasteiger partial charge in [0.2, 0.25) is 0 Å². The van der Waals surface area contributed by atoms with Crippen molar-refractivity contribution >= 4 is 0 Å². The van der Waals surface area contributed by atoms with Crippen LogP contribution in [0.4, 0.5) is 0 Å². The van der Waals surface area contributed by atoms with E-state index in [-0.39, 0.29) is 0 Å². The van der Waals surface area contributed by atoms with Gasteiger partial charge < -0.3 is 10.0 Å². The van der Waals surface area contributed by atoms with E-state index in [0.29, 0.717) is 6.61 Å². The van der Waals surface area contributed by atoms with E-state index in [0.717, 1.165) is 24.8 Å². The Morgan fingerprint density at radius 3 is 2.87 bits per heavy atom. The summed E-state index contributed by atoms with van der Waals surface area (Å²) in [5.74, 6) is 1.76. The fraction of sp³-hybridized carbons (Fsp3) is 1.00. The van der Waals surface area contributed by atoms with Gasteiger partial charge >= 0.3 is 0 Å². The molecule has 1 atom stereocenters. The Labute approximate surface area is 94.7 Å². The van der Waals surface area contributed by atoms with Crippen LogP contribution in [-0.4, -0.2) is 36.2 Å². The van der Waals surface area contributed by atoms with Crippen LogP contribution in [0.2, 0.25) is 0 Å². The largest absolute Gasteiger partial charge is 0.396 e. The van der Waals surface area contributed by atoms with Crippen molar-refractivity contribution in [2.75, 3.05) is 26.2 Å². The highest BCUT2D eigenvalue weighted by Gasteiger charge is 2.19. The van der Waals surface area contributed by atoms with Crippen molar-refractivity contribution in [3.63, 3.8) is 0 Å². The van der Waals surface area contributed by atoms with Gasteiger partial charge in [-0.1, -0.05) is 20.3 Å². The first-order valence-corrected chi connectivity index (χ1v) is 6.55. The minimum absolute atomic E-state index is 0.340. The average Bonchev–Trinajstić information content (AvgIpc) is 2.24. The second-order valence-corrected chi connectivity index (χ2v) is 5.36. The van der Waals surface area contributed by atoms with E-state index in [9.17, 15) is 0 Å². The maximum atomic E-state index is 8.81. The molecule has 0 aromatic carbocycles. The third kappa shape index (κ3) is 5.53. The van der Waals surface area contributed by atoms with Gasteiger partial charge in [-0.3, -0.25) is 0 Å². The lowest BCUT2D eigenvalue weighted by Gasteiger charge is -2.32. The average molecular weight is 213 g/mol. The Morgan fingerprint density at radius 2 is 2.20 bits per heavy atom. The molecule has 2 nitrogen and oxygen atoms in total. The molecular formula is C13H27NO. The number of piperidine rings is 1. The van der Waals surface area contributed by atoms with E-state index in [1.54, 1.807) is 0 Å². The Bertz CT molecular complexity index is 159. The zero-order valence-electron chi connectivity index (χ0n) is 10.4. The van der Waals surface area contributed by atoms with Crippen LogP contribution in [0, 0.1) is 11.8 Å². The molecule has 0 aliphatic carbocycles. The van der Waals surface area contributed by atoms with E-state index >= 15 is 0 Å². The molecule has 0 radical (unpaired) electrons. The second kappa shape index (κ2) is 7.24. The van der Waals surface area contributed by atoms with Crippen molar-refractivity contribution in [3.05, 3.63) is 0 Å². The summed E-state index contributed by atoms with van der Waals surface area (Å²) in [6.45, 7) is 8.57. The lowest BCUT2D eigenvalue weighted by Crippen LogP contribution is -2.36. The Kier molecular flexibility index (Phi) is 6.26. The maximum Gasteiger partial charge on any atom is 0.0443 e. The lowest BCUT2D eigenvalue weighted by atomic mass is 9.91. The second-order valence-electron chi connectivity index (χ2n) is 5.36. The number of aliphatic hydroxyl groups excluding tert-OH is 1. The maximum absolute atomic E-state index is 8.81. The summed E-state index contributed by atoms with van der Waals surface area (Å²) in [5.41, 5.74) is 0. The molecule has 1 saturated heterocycles. The number of likely N-dealkylation sites (tertiary alicyclic amines) is 1. The van der Waals surface area contributed by atoms with Gasteiger partial charge in [0, 0.05) is 19.7 Å². The molecule has 0 saturated carbocycles. The molecule has 0 aromatic rings. The quantitative estimate of drug-likeness (QED) is 0.733. The minimum Gasteiger partial charge on any atom is -0.396 e. The Hall–Kier alpha value is -0.0800. The van der Waals surface area contributed by atoms with E-state index in [1.807, 2.05) is 0 Å². The summed E-state index contributed by atoms with van der Waals surface area (Å²) >= 11 is 0. The van der Waals surface area contributed by atoms with E-state index in [2.05, 4.69) is 18.7 Å². The highest BCUT2D eigenvalue weighted by Crippen LogP contribution is 2.22. The molecular weight excluding hydrogens is 186 g/mol. The standard InChI is InChI=1S/C13H27NO/c1-12(2)6-7-13-5-3-8-14(11-13)9-4-10-15/h12-13,15H,3-11H2,1-2H3. The van der Waals surface area contributed by atoms with Crippen molar-refractivity contribution in [1.29, 1.82) is 0 Å². The summed E-state index contributed by atoms with van der Waals surface area (Å²) in [6.07, 6.45) is 6.49. The van der Waals surface area contributed by atoms with E-state index in [4.69, 9.17) is 5.11 Å². The molecule has 0 bridgehead atoms. The molecule has 0 spiro atoms. The fourth-order valence-corrected chi connectivity index (χ4v) is 2.45. The molecule has 1 fully saturated rings. The fourth-order valence-electron chi connectivity index (χ4n) is 2.45. The third-order valence-electron chi connectivity index (χ3n) is 3.39. The highest BCUT2D eigenvalue weighted by molar-refractivity contribution is 4.73. The summed E-state index contributed by atoms with van der Waals surface area (Å²) in [5, 5.41) is 8.81. The normalized spacial score (nSPS) is 23.6. The molecule has 1 heterocycles. The molecule has 1 N–H and O–H groups in total. The first-order chi connectivity index (χ1) is 7.22. The van der Waals surface area contributed by atoms with Crippen LogP contribution in [0.5, 0.6) is 0 Å². The van der Waals surface area contributed by atoms with Gasteiger partial charge in [0.15, 0.2) is 0 Å². The first-order valence-electron chi connectivity index (χ1n) is 6.55. The van der Waals surface area contributed by atoms with Gasteiger partial charge in [0.1, 0.15) is 0 Å². The zero-order valence-corrected chi connectivity index (χ0v) is 10.4. The van der Waals surface area contributed by atoms with Crippen LogP contribution in [0.1, 0.15) is 46.0 Å². The van der Waals surface area contributed by atoms with Crippen LogP contribution in [0.15, 0.2) is 0 Å². The van der Waals surface area contributed by atoms with Gasteiger partial charge in [0.05, 0.1) is 0 Å². The molecule has 90 valence electrons. The summed E-state index contributed by atoms with van der Waals surface area (Å²) < 4.78 is 0. The van der Waals surface area contributed by atoms with Crippen molar-refractivity contribution in [2.45, 2.75) is 46.0 Å². The molecule has 1 rings (SSSR count). The topological polar surface area (TPSA) is 23.5 Å². The van der Waals surface area contributed by atoms with Crippen molar-refractivity contribution in [3.8, 4) is 0 Å². The Balaban J connectivity index is 2.17. The molecule has 15 heavy (non-hydrogen) atoms. The molecule has 1 unspecified atom stereocenters. The Morgan fingerprint density at radius 1 is 1.40 bits per heavy atom. The van der Waals surface area contributed by atoms with Crippen LogP contribution in [-0.2, 0) is 0 Å². The third-order valence-corrected chi connectivity index (χ3v) is 3.39. The van der Waals surface area contributed by atoms with Gasteiger partial charge in [-0.05, 0) is 44.1 Å². The van der Waals surface area contributed by atoms with Gasteiger partial charge in [-0.15, -0.1) is 0 Å². The number of rotatable bonds is 6. The van der Waals surface area contributed by atoms with E-state index in [1.165, 1.54) is 38.8 Å². The number of aliphatic hydroxyl groups is 1. The molecule has 0 amide bonds. The van der Waals surface area contributed by atoms with Crippen molar-refractivity contribution in [1.82, 2.24) is 4.90 Å². The zero-order chi connectivity index (χ0) is 11.1. The van der Waals surface area contributed by atoms with Crippen molar-refractivity contribution in [2.24, 2.45) is 11.8 Å². The minimum atomic E-state index is 0.340. The monoisotopic (exact) mass is 213 g/mol.